The molecule has 6 nitrogen and oxygen atoms in total. The van der Waals surface area contributed by atoms with E-state index in [2.05, 4.69) is 5.32 Å². The highest BCUT2D eigenvalue weighted by molar-refractivity contribution is 7.88. The smallest absolute Gasteiger partial charge is 0.317 e. The first kappa shape index (κ1) is 19.5. The van der Waals surface area contributed by atoms with Crippen LogP contribution in [0.2, 0.25) is 10.0 Å². The predicted molar refractivity (Wildman–Crippen MR) is 93.9 cm³/mol. The molecule has 1 saturated heterocycles. The van der Waals surface area contributed by atoms with Gasteiger partial charge in [0.25, 0.3) is 0 Å². The second-order valence-electron chi connectivity index (χ2n) is 5.85. The molecule has 134 valence electrons. The van der Waals surface area contributed by atoms with E-state index in [-0.39, 0.29) is 18.2 Å². The van der Waals surface area contributed by atoms with Crippen molar-refractivity contribution < 1.29 is 18.3 Å². The Morgan fingerprint density at radius 1 is 1.33 bits per heavy atom. The minimum absolute atomic E-state index is 0.0922. The van der Waals surface area contributed by atoms with Crippen molar-refractivity contribution in [2.75, 3.05) is 26.2 Å². The molecule has 1 unspecified atom stereocenters. The molecule has 0 spiro atoms. The molecule has 0 aliphatic carbocycles. The number of carbonyl (C=O) groups is 1. The zero-order chi connectivity index (χ0) is 17.7. The molecule has 0 aromatic heterocycles. The minimum Gasteiger partial charge on any atom is -0.480 e. The third kappa shape index (κ3) is 5.32. The number of hydrogen-bond acceptors (Lipinski definition) is 4. The van der Waals surface area contributed by atoms with Gasteiger partial charge in [-0.2, -0.15) is 0 Å². The van der Waals surface area contributed by atoms with Crippen LogP contribution in [-0.2, 0) is 20.6 Å². The third-order valence-electron chi connectivity index (χ3n) is 3.97. The molecule has 1 aromatic carbocycles. The molecular formula is C15H20Cl2N2O4S. The summed E-state index contributed by atoms with van der Waals surface area (Å²) in [5, 5.41) is 12.1. The van der Waals surface area contributed by atoms with Crippen molar-refractivity contribution in [2.45, 2.75) is 18.6 Å². The van der Waals surface area contributed by atoms with Crippen LogP contribution in [0.5, 0.6) is 0 Å². The second kappa shape index (κ2) is 8.49. The van der Waals surface area contributed by atoms with Crippen LogP contribution in [-0.4, -0.2) is 50.0 Å². The predicted octanol–water partition coefficient (Wildman–Crippen LogP) is 2.21. The summed E-state index contributed by atoms with van der Waals surface area (Å²) in [6.07, 6.45) is 1.61. The first-order chi connectivity index (χ1) is 11.3. The number of carboxylic acid groups (broad SMARTS) is 1. The van der Waals surface area contributed by atoms with Gasteiger partial charge in [-0.3, -0.25) is 4.79 Å². The van der Waals surface area contributed by atoms with Gasteiger partial charge in [0, 0.05) is 28.7 Å². The zero-order valence-electron chi connectivity index (χ0n) is 13.0. The van der Waals surface area contributed by atoms with Crippen LogP contribution in [0.25, 0.3) is 0 Å². The van der Waals surface area contributed by atoms with E-state index in [4.69, 9.17) is 28.3 Å². The second-order valence-corrected chi connectivity index (χ2v) is 8.63. The van der Waals surface area contributed by atoms with Crippen molar-refractivity contribution in [1.29, 1.82) is 0 Å². The maximum Gasteiger partial charge on any atom is 0.317 e. The first-order valence-corrected chi connectivity index (χ1v) is 9.99. The van der Waals surface area contributed by atoms with Gasteiger partial charge >= 0.3 is 5.97 Å². The largest absolute Gasteiger partial charge is 0.480 e. The quantitative estimate of drug-likeness (QED) is 0.739. The Bertz CT molecular complexity index is 676. The van der Waals surface area contributed by atoms with Crippen LogP contribution >= 0.6 is 23.2 Å². The number of aliphatic carboxylic acids is 1. The summed E-state index contributed by atoms with van der Waals surface area (Å²) in [5.74, 6) is -1.07. The fourth-order valence-electron chi connectivity index (χ4n) is 2.77. The lowest BCUT2D eigenvalue weighted by Gasteiger charge is -2.32. The van der Waals surface area contributed by atoms with Gasteiger partial charge < -0.3 is 10.4 Å². The SMILES string of the molecule is O=C(O)CNCC1CCCN(S(=O)(=O)Cc2c(Cl)cccc2Cl)C1. The van der Waals surface area contributed by atoms with Gasteiger partial charge in [-0.1, -0.05) is 29.3 Å². The molecule has 9 heteroatoms. The highest BCUT2D eigenvalue weighted by Gasteiger charge is 2.30. The van der Waals surface area contributed by atoms with Crippen molar-refractivity contribution in [3.63, 3.8) is 0 Å². The molecule has 1 atom stereocenters. The van der Waals surface area contributed by atoms with Crippen LogP contribution in [0.15, 0.2) is 18.2 Å². The summed E-state index contributed by atoms with van der Waals surface area (Å²) in [6.45, 7) is 1.18. The monoisotopic (exact) mass is 394 g/mol. The molecule has 0 saturated carbocycles. The lowest BCUT2D eigenvalue weighted by Crippen LogP contribution is -2.43. The molecule has 1 aliphatic heterocycles. The summed E-state index contributed by atoms with van der Waals surface area (Å²) < 4.78 is 26.8. The van der Waals surface area contributed by atoms with Crippen molar-refractivity contribution >= 4 is 39.2 Å². The normalized spacial score (nSPS) is 19.3. The molecule has 0 bridgehead atoms. The van der Waals surface area contributed by atoms with E-state index in [1.165, 1.54) is 4.31 Å². The molecule has 0 amide bonds. The van der Waals surface area contributed by atoms with Crippen molar-refractivity contribution in [3.05, 3.63) is 33.8 Å². The number of nitrogens with zero attached hydrogens (tertiary/aromatic N) is 1. The average Bonchev–Trinajstić information content (AvgIpc) is 2.51. The van der Waals surface area contributed by atoms with Crippen LogP contribution in [0, 0.1) is 5.92 Å². The number of halogens is 2. The van der Waals surface area contributed by atoms with E-state index in [0.717, 1.165) is 12.8 Å². The van der Waals surface area contributed by atoms with Gasteiger partial charge in [-0.05, 0) is 37.4 Å². The van der Waals surface area contributed by atoms with Gasteiger partial charge in [0.1, 0.15) is 0 Å². The van der Waals surface area contributed by atoms with Gasteiger partial charge in [-0.15, -0.1) is 0 Å². The summed E-state index contributed by atoms with van der Waals surface area (Å²) in [4.78, 5) is 10.5. The number of sulfonamides is 1. The van der Waals surface area contributed by atoms with Crippen molar-refractivity contribution in [2.24, 2.45) is 5.92 Å². The molecule has 1 heterocycles. The van der Waals surface area contributed by atoms with Gasteiger partial charge in [-0.25, -0.2) is 12.7 Å². The lowest BCUT2D eigenvalue weighted by molar-refractivity contribution is -0.136. The van der Waals surface area contributed by atoms with Gasteiger partial charge in [0.2, 0.25) is 10.0 Å². The summed E-state index contributed by atoms with van der Waals surface area (Å²) >= 11 is 12.1. The van der Waals surface area contributed by atoms with E-state index >= 15 is 0 Å². The molecule has 2 rings (SSSR count). The minimum atomic E-state index is -3.54. The average molecular weight is 395 g/mol. The number of carboxylic acids is 1. The number of piperidine rings is 1. The Labute approximate surface area is 151 Å². The van der Waals surface area contributed by atoms with Crippen LogP contribution < -0.4 is 5.32 Å². The molecule has 2 N–H and O–H groups in total. The molecule has 0 radical (unpaired) electrons. The van der Waals surface area contributed by atoms with Crippen molar-refractivity contribution in [1.82, 2.24) is 9.62 Å². The van der Waals surface area contributed by atoms with Crippen molar-refractivity contribution in [3.8, 4) is 0 Å². The molecular weight excluding hydrogens is 375 g/mol. The Morgan fingerprint density at radius 3 is 2.62 bits per heavy atom. The molecule has 1 aliphatic rings. The molecule has 1 fully saturated rings. The Morgan fingerprint density at radius 2 is 2.00 bits per heavy atom. The summed E-state index contributed by atoms with van der Waals surface area (Å²) in [5.41, 5.74) is 0.409. The van der Waals surface area contributed by atoms with E-state index in [1.54, 1.807) is 18.2 Å². The number of hydrogen-bond donors (Lipinski definition) is 2. The van der Waals surface area contributed by atoms with E-state index in [1.807, 2.05) is 0 Å². The fourth-order valence-corrected chi connectivity index (χ4v) is 5.17. The lowest BCUT2D eigenvalue weighted by atomic mass is 10.00. The van der Waals surface area contributed by atoms with Gasteiger partial charge in [0.15, 0.2) is 0 Å². The summed E-state index contributed by atoms with van der Waals surface area (Å²) in [7, 11) is -3.54. The Kier molecular flexibility index (Phi) is 6.88. The topological polar surface area (TPSA) is 86.7 Å². The maximum atomic E-state index is 12.7. The standard InChI is InChI=1S/C15H20Cl2N2O4S/c16-13-4-1-5-14(17)12(13)10-24(22,23)19-6-2-3-11(9-19)7-18-8-15(20)21/h1,4-5,11,18H,2-3,6-10H2,(H,20,21). The Balaban J connectivity index is 2.02. The highest BCUT2D eigenvalue weighted by atomic mass is 35.5. The number of benzene rings is 1. The Hall–Kier alpha value is -0.860. The van der Waals surface area contributed by atoms with Gasteiger partial charge in [0.05, 0.1) is 12.3 Å². The van der Waals surface area contributed by atoms with E-state index in [0.29, 0.717) is 35.2 Å². The maximum absolute atomic E-state index is 12.7. The number of nitrogens with one attached hydrogen (secondary N) is 1. The zero-order valence-corrected chi connectivity index (χ0v) is 15.4. The van der Waals surface area contributed by atoms with E-state index < -0.39 is 16.0 Å². The molecule has 24 heavy (non-hydrogen) atoms. The number of rotatable bonds is 7. The highest BCUT2D eigenvalue weighted by Crippen LogP contribution is 2.28. The van der Waals surface area contributed by atoms with Crippen LogP contribution in [0.3, 0.4) is 0 Å². The first-order valence-electron chi connectivity index (χ1n) is 7.63. The third-order valence-corrected chi connectivity index (χ3v) is 6.45. The van der Waals surface area contributed by atoms with Crippen LogP contribution in [0.4, 0.5) is 0 Å². The summed E-state index contributed by atoms with van der Waals surface area (Å²) in [6, 6.07) is 4.91. The van der Waals surface area contributed by atoms with E-state index in [9.17, 15) is 13.2 Å². The van der Waals surface area contributed by atoms with Crippen LogP contribution in [0.1, 0.15) is 18.4 Å². The molecule has 1 aromatic rings. The fraction of sp³-hybridized carbons (Fsp3) is 0.533.